The molecule has 1 saturated carbocycles. The van der Waals surface area contributed by atoms with Crippen LogP contribution in [0.15, 0.2) is 24.3 Å². The summed E-state index contributed by atoms with van der Waals surface area (Å²) in [7, 11) is 3.29. The van der Waals surface area contributed by atoms with Crippen LogP contribution in [0, 0.1) is 0 Å². The Hall–Kier alpha value is -2.37. The summed E-state index contributed by atoms with van der Waals surface area (Å²) in [5.41, 5.74) is 0.875. The molecule has 1 aliphatic carbocycles. The molecule has 1 heterocycles. The minimum Gasteiger partial charge on any atom is -0.490 e. The fraction of sp³-hybridized carbons (Fsp3) is 0.357. The number of benzene rings is 1. The van der Waals surface area contributed by atoms with Crippen molar-refractivity contribution in [2.24, 2.45) is 0 Å². The summed E-state index contributed by atoms with van der Waals surface area (Å²) < 4.78 is 10.9. The largest absolute Gasteiger partial charge is 0.490 e. The van der Waals surface area contributed by atoms with Gasteiger partial charge in [-0.05, 0) is 25.0 Å². The Balaban J connectivity index is 1.94. The van der Waals surface area contributed by atoms with Crippen LogP contribution in [-0.4, -0.2) is 35.2 Å². The van der Waals surface area contributed by atoms with Gasteiger partial charge in [-0.25, -0.2) is 0 Å². The quantitative estimate of drug-likeness (QED) is 0.899. The highest BCUT2D eigenvalue weighted by Crippen LogP contribution is 2.29. The molecule has 1 N–H and O–H groups in total. The summed E-state index contributed by atoms with van der Waals surface area (Å²) in [4.78, 5) is 12.7. The molecule has 1 fully saturated rings. The van der Waals surface area contributed by atoms with Crippen LogP contribution in [0.3, 0.4) is 0 Å². The average Bonchev–Trinajstić information content (AvgIpc) is 3.31. The first kappa shape index (κ1) is 12.7. The fourth-order valence-corrected chi connectivity index (χ4v) is 1.78. The maximum atomic E-state index is 5.78. The van der Waals surface area contributed by atoms with Gasteiger partial charge in [0, 0.05) is 12.6 Å². The van der Waals surface area contributed by atoms with E-state index in [1.165, 1.54) is 7.11 Å². The monoisotopic (exact) mass is 272 g/mol. The number of nitrogens with one attached hydrogen (secondary N) is 1. The van der Waals surface area contributed by atoms with Gasteiger partial charge in [0.05, 0.1) is 13.2 Å². The first-order valence-corrected chi connectivity index (χ1v) is 6.53. The van der Waals surface area contributed by atoms with Crippen LogP contribution in [-0.2, 0) is 0 Å². The molecule has 6 heteroatoms. The zero-order chi connectivity index (χ0) is 13.9. The third-order valence-electron chi connectivity index (χ3n) is 2.94. The maximum absolute atomic E-state index is 5.78. The van der Waals surface area contributed by atoms with E-state index in [0.29, 0.717) is 17.9 Å². The van der Waals surface area contributed by atoms with Gasteiger partial charge in [-0.3, -0.25) is 0 Å². The number of hydrogen-bond donors (Lipinski definition) is 1. The summed E-state index contributed by atoms with van der Waals surface area (Å²) >= 11 is 0. The zero-order valence-corrected chi connectivity index (χ0v) is 11.5. The number of nitrogens with zero attached hydrogens (tertiary/aromatic N) is 3. The lowest BCUT2D eigenvalue weighted by molar-refractivity contribution is 0.303. The van der Waals surface area contributed by atoms with Crippen molar-refractivity contribution in [2.45, 2.75) is 18.9 Å². The smallest absolute Gasteiger partial charge is 0.321 e. The lowest BCUT2D eigenvalue weighted by Gasteiger charge is -2.08. The molecule has 1 aromatic heterocycles. The standard InChI is InChI=1S/C14H16N4O2/c1-15-13-16-12(17-14(18-13)19-2)9-4-3-5-11(8-9)20-10-6-7-10/h3-5,8,10H,6-7H2,1-2H3,(H,15,16,17,18). The number of methoxy groups -OCH3 is 1. The highest BCUT2D eigenvalue weighted by Gasteiger charge is 2.23. The molecule has 1 aliphatic rings. The van der Waals surface area contributed by atoms with Crippen LogP contribution in [0.25, 0.3) is 11.4 Å². The Labute approximate surface area is 117 Å². The van der Waals surface area contributed by atoms with E-state index >= 15 is 0 Å². The lowest BCUT2D eigenvalue weighted by Crippen LogP contribution is -2.03. The second-order valence-electron chi connectivity index (χ2n) is 4.56. The van der Waals surface area contributed by atoms with E-state index in [2.05, 4.69) is 20.3 Å². The summed E-state index contributed by atoms with van der Waals surface area (Å²) in [5.74, 6) is 1.87. The SMILES string of the molecule is CNc1nc(OC)nc(-c2cccc(OC3CC3)c2)n1. The van der Waals surface area contributed by atoms with Crippen molar-refractivity contribution in [3.63, 3.8) is 0 Å². The van der Waals surface area contributed by atoms with Crippen molar-refractivity contribution >= 4 is 5.95 Å². The van der Waals surface area contributed by atoms with Crippen LogP contribution in [0.5, 0.6) is 11.8 Å². The van der Waals surface area contributed by atoms with Crippen LogP contribution in [0.1, 0.15) is 12.8 Å². The third kappa shape index (κ3) is 2.79. The van der Waals surface area contributed by atoms with Gasteiger partial charge in [-0.1, -0.05) is 12.1 Å². The highest BCUT2D eigenvalue weighted by atomic mass is 16.5. The number of hydrogen-bond acceptors (Lipinski definition) is 6. The van der Waals surface area contributed by atoms with E-state index in [-0.39, 0.29) is 6.01 Å². The Morgan fingerprint density at radius 3 is 2.75 bits per heavy atom. The summed E-state index contributed by atoms with van der Waals surface area (Å²) in [6.45, 7) is 0. The van der Waals surface area contributed by atoms with Gasteiger partial charge in [-0.2, -0.15) is 15.0 Å². The Morgan fingerprint density at radius 2 is 2.05 bits per heavy atom. The lowest BCUT2D eigenvalue weighted by atomic mass is 10.2. The van der Waals surface area contributed by atoms with E-state index in [0.717, 1.165) is 24.2 Å². The van der Waals surface area contributed by atoms with Gasteiger partial charge >= 0.3 is 6.01 Å². The minimum absolute atomic E-state index is 0.285. The molecule has 104 valence electrons. The molecular weight excluding hydrogens is 256 g/mol. The van der Waals surface area contributed by atoms with Gasteiger partial charge in [0.15, 0.2) is 5.82 Å². The first-order chi connectivity index (χ1) is 9.78. The van der Waals surface area contributed by atoms with E-state index in [1.807, 2.05) is 24.3 Å². The van der Waals surface area contributed by atoms with Crippen LogP contribution in [0.2, 0.25) is 0 Å². The predicted octanol–water partition coefficient (Wildman–Crippen LogP) is 2.13. The Bertz CT molecular complexity index is 592. The molecule has 0 amide bonds. The number of rotatable bonds is 5. The third-order valence-corrected chi connectivity index (χ3v) is 2.94. The highest BCUT2D eigenvalue weighted by molar-refractivity contribution is 5.58. The molecule has 1 aromatic carbocycles. The maximum Gasteiger partial charge on any atom is 0.321 e. The van der Waals surface area contributed by atoms with E-state index < -0.39 is 0 Å². The molecular formula is C14H16N4O2. The molecule has 0 aliphatic heterocycles. The molecule has 0 radical (unpaired) electrons. The van der Waals surface area contributed by atoms with Gasteiger partial charge in [0.25, 0.3) is 0 Å². The minimum atomic E-state index is 0.285. The van der Waals surface area contributed by atoms with Gasteiger partial charge in [-0.15, -0.1) is 0 Å². The predicted molar refractivity (Wildman–Crippen MR) is 75.0 cm³/mol. The van der Waals surface area contributed by atoms with E-state index in [9.17, 15) is 0 Å². The topological polar surface area (TPSA) is 69.2 Å². The second-order valence-corrected chi connectivity index (χ2v) is 4.56. The fourth-order valence-electron chi connectivity index (χ4n) is 1.78. The van der Waals surface area contributed by atoms with Crippen LogP contribution >= 0.6 is 0 Å². The van der Waals surface area contributed by atoms with Crippen molar-refractivity contribution in [3.05, 3.63) is 24.3 Å². The van der Waals surface area contributed by atoms with Crippen molar-refractivity contribution in [3.8, 4) is 23.1 Å². The summed E-state index contributed by atoms with van der Waals surface area (Å²) in [6, 6.07) is 8.04. The second kappa shape index (κ2) is 5.32. The van der Waals surface area contributed by atoms with Crippen molar-refractivity contribution < 1.29 is 9.47 Å². The molecule has 0 saturated heterocycles. The molecule has 0 unspecified atom stereocenters. The van der Waals surface area contributed by atoms with Crippen molar-refractivity contribution in [2.75, 3.05) is 19.5 Å². The van der Waals surface area contributed by atoms with Gasteiger partial charge < -0.3 is 14.8 Å². The number of anilines is 1. The van der Waals surface area contributed by atoms with E-state index in [1.54, 1.807) is 7.05 Å². The summed E-state index contributed by atoms with van der Waals surface area (Å²) in [5, 5.41) is 2.90. The van der Waals surface area contributed by atoms with Gasteiger partial charge in [0.1, 0.15) is 5.75 Å². The Kier molecular flexibility index (Phi) is 3.37. The number of ether oxygens (including phenoxy) is 2. The summed E-state index contributed by atoms with van der Waals surface area (Å²) in [6.07, 6.45) is 2.63. The molecule has 3 rings (SSSR count). The van der Waals surface area contributed by atoms with Crippen molar-refractivity contribution in [1.29, 1.82) is 0 Å². The molecule has 0 atom stereocenters. The normalized spacial score (nSPS) is 13.9. The van der Waals surface area contributed by atoms with Gasteiger partial charge in [0.2, 0.25) is 5.95 Å². The molecule has 0 bridgehead atoms. The molecule has 0 spiro atoms. The first-order valence-electron chi connectivity index (χ1n) is 6.53. The molecule has 6 nitrogen and oxygen atoms in total. The van der Waals surface area contributed by atoms with E-state index in [4.69, 9.17) is 9.47 Å². The van der Waals surface area contributed by atoms with Crippen LogP contribution < -0.4 is 14.8 Å². The zero-order valence-electron chi connectivity index (χ0n) is 11.5. The number of aromatic nitrogens is 3. The molecule has 20 heavy (non-hydrogen) atoms. The van der Waals surface area contributed by atoms with Crippen LogP contribution in [0.4, 0.5) is 5.95 Å². The average molecular weight is 272 g/mol. The Morgan fingerprint density at radius 1 is 1.20 bits per heavy atom. The van der Waals surface area contributed by atoms with Crippen molar-refractivity contribution in [1.82, 2.24) is 15.0 Å². The molecule has 2 aromatic rings.